The maximum atomic E-state index is 12.6. The molecule has 1 fully saturated rings. The molecule has 3 rings (SSSR count). The monoisotopic (exact) mass is 328 g/mol. The third kappa shape index (κ3) is 4.00. The van der Waals surface area contributed by atoms with Gasteiger partial charge in [0.15, 0.2) is 0 Å². The molecule has 2 atom stereocenters. The van der Waals surface area contributed by atoms with E-state index in [0.717, 1.165) is 19.5 Å². The number of carbonyl (C=O) groups is 1. The van der Waals surface area contributed by atoms with E-state index < -0.39 is 0 Å². The standard InChI is InChI=1S/C21H32N2O/c1-15-9-10-18-14-23(3)20(12-19(18)11-15)13-22-21(24)16(2)17-7-5-4-6-8-17/h9-11,16-17,20H,4-8,12-14H2,1-3H3,(H,22,24)/t16?,20-/m0/s1. The van der Waals surface area contributed by atoms with Crippen molar-refractivity contribution >= 4 is 5.91 Å². The second-order valence-electron chi connectivity index (χ2n) is 7.98. The lowest BCUT2D eigenvalue weighted by atomic mass is 9.80. The van der Waals surface area contributed by atoms with Crippen molar-refractivity contribution in [3.8, 4) is 0 Å². The van der Waals surface area contributed by atoms with Gasteiger partial charge in [0, 0.05) is 25.0 Å². The molecule has 1 aliphatic carbocycles. The Morgan fingerprint density at radius 1 is 1.25 bits per heavy atom. The maximum Gasteiger partial charge on any atom is 0.223 e. The largest absolute Gasteiger partial charge is 0.354 e. The van der Waals surface area contributed by atoms with E-state index in [1.807, 2.05) is 0 Å². The van der Waals surface area contributed by atoms with Crippen molar-refractivity contribution in [3.63, 3.8) is 0 Å². The Hall–Kier alpha value is -1.35. The first-order valence-electron chi connectivity index (χ1n) is 9.61. The summed E-state index contributed by atoms with van der Waals surface area (Å²) in [6.45, 7) is 6.02. The zero-order valence-electron chi connectivity index (χ0n) is 15.5. The predicted molar refractivity (Wildman–Crippen MR) is 98.9 cm³/mol. The molecule has 3 heteroatoms. The van der Waals surface area contributed by atoms with Crippen LogP contribution in [0.2, 0.25) is 0 Å². The number of fused-ring (bicyclic) bond motifs is 1. The van der Waals surface area contributed by atoms with E-state index in [9.17, 15) is 4.79 Å². The fourth-order valence-electron chi connectivity index (χ4n) is 4.36. The van der Waals surface area contributed by atoms with Gasteiger partial charge in [0.2, 0.25) is 5.91 Å². The highest BCUT2D eigenvalue weighted by molar-refractivity contribution is 5.78. The number of benzene rings is 1. The van der Waals surface area contributed by atoms with Gasteiger partial charge in [-0.2, -0.15) is 0 Å². The lowest BCUT2D eigenvalue weighted by Crippen LogP contribution is -2.47. The molecule has 132 valence electrons. The molecule has 24 heavy (non-hydrogen) atoms. The number of nitrogens with one attached hydrogen (secondary N) is 1. The first-order valence-corrected chi connectivity index (χ1v) is 9.61. The summed E-state index contributed by atoms with van der Waals surface area (Å²) in [7, 11) is 2.17. The molecule has 0 radical (unpaired) electrons. The third-order valence-electron chi connectivity index (χ3n) is 6.14. The fraction of sp³-hybridized carbons (Fsp3) is 0.667. The quantitative estimate of drug-likeness (QED) is 0.914. The van der Waals surface area contributed by atoms with E-state index >= 15 is 0 Å². The smallest absolute Gasteiger partial charge is 0.223 e. The molecule has 1 N–H and O–H groups in total. The second kappa shape index (κ2) is 7.69. The van der Waals surface area contributed by atoms with Crippen molar-refractivity contribution in [2.75, 3.05) is 13.6 Å². The molecule has 1 aliphatic heterocycles. The Balaban J connectivity index is 1.55. The first-order chi connectivity index (χ1) is 11.5. The van der Waals surface area contributed by atoms with Crippen molar-refractivity contribution in [2.24, 2.45) is 11.8 Å². The zero-order chi connectivity index (χ0) is 17.1. The summed E-state index contributed by atoms with van der Waals surface area (Å²) < 4.78 is 0. The summed E-state index contributed by atoms with van der Waals surface area (Å²) in [5, 5.41) is 3.24. The van der Waals surface area contributed by atoms with E-state index in [2.05, 4.69) is 49.3 Å². The number of aryl methyl sites for hydroxylation is 1. The first kappa shape index (κ1) is 17.5. The van der Waals surface area contributed by atoms with Gasteiger partial charge in [0.05, 0.1) is 0 Å². The van der Waals surface area contributed by atoms with Crippen LogP contribution in [0.25, 0.3) is 0 Å². The van der Waals surface area contributed by atoms with E-state index in [1.165, 1.54) is 48.8 Å². The van der Waals surface area contributed by atoms with Crippen LogP contribution in [0, 0.1) is 18.8 Å². The highest BCUT2D eigenvalue weighted by Gasteiger charge is 2.28. The predicted octanol–water partition coefficient (Wildman–Crippen LogP) is 3.68. The molecule has 2 aliphatic rings. The molecule has 0 saturated heterocycles. The van der Waals surface area contributed by atoms with Gasteiger partial charge in [-0.3, -0.25) is 9.69 Å². The van der Waals surface area contributed by atoms with Crippen LogP contribution in [-0.4, -0.2) is 30.4 Å². The van der Waals surface area contributed by atoms with Gasteiger partial charge in [-0.15, -0.1) is 0 Å². The Labute approximate surface area is 146 Å². The Kier molecular flexibility index (Phi) is 5.60. The minimum atomic E-state index is 0.161. The van der Waals surface area contributed by atoms with Gasteiger partial charge in [-0.1, -0.05) is 49.9 Å². The molecule has 0 bridgehead atoms. The zero-order valence-corrected chi connectivity index (χ0v) is 15.5. The molecule has 1 amide bonds. The molecular weight excluding hydrogens is 296 g/mol. The number of rotatable bonds is 4. The van der Waals surface area contributed by atoms with Gasteiger partial charge < -0.3 is 5.32 Å². The summed E-state index contributed by atoms with van der Waals surface area (Å²) in [6.07, 6.45) is 7.42. The second-order valence-corrected chi connectivity index (χ2v) is 7.98. The van der Waals surface area contributed by atoms with Crippen LogP contribution in [0.3, 0.4) is 0 Å². The lowest BCUT2D eigenvalue weighted by molar-refractivity contribution is -0.126. The number of hydrogen-bond acceptors (Lipinski definition) is 2. The van der Waals surface area contributed by atoms with Crippen molar-refractivity contribution in [2.45, 2.75) is 65.0 Å². The Morgan fingerprint density at radius 2 is 2.00 bits per heavy atom. The number of nitrogens with zero attached hydrogens (tertiary/aromatic N) is 1. The third-order valence-corrected chi connectivity index (χ3v) is 6.14. The van der Waals surface area contributed by atoms with Gasteiger partial charge in [-0.25, -0.2) is 0 Å². The average molecular weight is 329 g/mol. The van der Waals surface area contributed by atoms with Gasteiger partial charge in [-0.05, 0) is 50.3 Å². The van der Waals surface area contributed by atoms with E-state index in [4.69, 9.17) is 0 Å². The topological polar surface area (TPSA) is 32.3 Å². The molecule has 1 aromatic carbocycles. The highest BCUT2D eigenvalue weighted by Crippen LogP contribution is 2.30. The van der Waals surface area contributed by atoms with Crippen molar-refractivity contribution < 1.29 is 4.79 Å². The van der Waals surface area contributed by atoms with Crippen LogP contribution in [0.1, 0.15) is 55.7 Å². The SMILES string of the molecule is Cc1ccc2c(c1)C[C@@H](CNC(=O)C(C)C1CCCCC1)N(C)C2. The number of carbonyl (C=O) groups excluding carboxylic acids is 1. The molecule has 1 heterocycles. The number of hydrogen-bond donors (Lipinski definition) is 1. The van der Waals surface area contributed by atoms with Crippen LogP contribution < -0.4 is 5.32 Å². The molecule has 1 unspecified atom stereocenters. The summed E-state index contributed by atoms with van der Waals surface area (Å²) in [4.78, 5) is 14.9. The van der Waals surface area contributed by atoms with E-state index in [1.54, 1.807) is 0 Å². The van der Waals surface area contributed by atoms with Crippen molar-refractivity contribution in [3.05, 3.63) is 34.9 Å². The normalized spacial score (nSPS) is 23.5. The summed E-state index contributed by atoms with van der Waals surface area (Å²) >= 11 is 0. The maximum absolute atomic E-state index is 12.6. The van der Waals surface area contributed by atoms with Crippen LogP contribution in [0.15, 0.2) is 18.2 Å². The molecule has 3 nitrogen and oxygen atoms in total. The van der Waals surface area contributed by atoms with Gasteiger partial charge in [0.1, 0.15) is 0 Å². The molecular formula is C21H32N2O. The summed E-state index contributed by atoms with van der Waals surface area (Å²) in [5.41, 5.74) is 4.21. The van der Waals surface area contributed by atoms with Crippen molar-refractivity contribution in [1.82, 2.24) is 10.2 Å². The molecule has 0 spiro atoms. The van der Waals surface area contributed by atoms with Gasteiger partial charge >= 0.3 is 0 Å². The van der Waals surface area contributed by atoms with Crippen molar-refractivity contribution in [1.29, 1.82) is 0 Å². The van der Waals surface area contributed by atoms with E-state index in [0.29, 0.717) is 12.0 Å². The van der Waals surface area contributed by atoms with Gasteiger partial charge in [0.25, 0.3) is 0 Å². The summed E-state index contributed by atoms with van der Waals surface area (Å²) in [6, 6.07) is 7.16. The fourth-order valence-corrected chi connectivity index (χ4v) is 4.36. The molecule has 0 aromatic heterocycles. The van der Waals surface area contributed by atoms with Crippen LogP contribution in [-0.2, 0) is 17.8 Å². The van der Waals surface area contributed by atoms with Crippen LogP contribution in [0.5, 0.6) is 0 Å². The summed E-state index contributed by atoms with van der Waals surface area (Å²) in [5.74, 6) is 1.00. The molecule has 1 saturated carbocycles. The minimum Gasteiger partial charge on any atom is -0.354 e. The molecule has 1 aromatic rings. The van der Waals surface area contributed by atoms with Crippen LogP contribution >= 0.6 is 0 Å². The van der Waals surface area contributed by atoms with E-state index in [-0.39, 0.29) is 11.8 Å². The minimum absolute atomic E-state index is 0.161. The average Bonchev–Trinajstić information content (AvgIpc) is 2.60. The number of amides is 1. The highest BCUT2D eigenvalue weighted by atomic mass is 16.1. The lowest BCUT2D eigenvalue weighted by Gasteiger charge is -2.35. The van der Waals surface area contributed by atoms with Crippen LogP contribution in [0.4, 0.5) is 0 Å². The number of likely N-dealkylation sites (N-methyl/N-ethyl adjacent to an activating group) is 1. The Bertz CT molecular complexity index is 577. The Morgan fingerprint density at radius 3 is 2.75 bits per heavy atom.